The normalized spacial score (nSPS) is 10.5. The van der Waals surface area contributed by atoms with Gasteiger partial charge in [0.05, 0.1) is 0 Å². The largest absolute Gasteiger partial charge is 0.105 e. The van der Waals surface area contributed by atoms with Crippen LogP contribution in [0.15, 0.2) is 72.8 Å². The smallest absolute Gasteiger partial charge is 0.0112 e. The summed E-state index contributed by atoms with van der Waals surface area (Å²) in [7, 11) is 2.81. The highest BCUT2D eigenvalue weighted by Gasteiger charge is 2.03. The first kappa shape index (κ1) is 13.1. The molecule has 0 amide bonds. The summed E-state index contributed by atoms with van der Waals surface area (Å²) in [5.74, 6) is 0. The quantitative estimate of drug-likeness (QED) is 0.588. The summed E-state index contributed by atoms with van der Waals surface area (Å²) in [5.41, 5.74) is 6.34. The van der Waals surface area contributed by atoms with E-state index in [1.807, 2.05) is 0 Å². The van der Waals surface area contributed by atoms with Gasteiger partial charge in [-0.25, -0.2) is 0 Å². The molecule has 3 aromatic rings. The van der Waals surface area contributed by atoms with Gasteiger partial charge in [-0.1, -0.05) is 72.3 Å². The molecule has 0 nitrogen and oxygen atoms in total. The Morgan fingerprint density at radius 3 is 2.10 bits per heavy atom. The van der Waals surface area contributed by atoms with Gasteiger partial charge in [-0.3, -0.25) is 0 Å². The molecule has 0 fully saturated rings. The van der Waals surface area contributed by atoms with Crippen LogP contribution in [0.3, 0.4) is 0 Å². The Balaban J connectivity index is 2.06. The summed E-state index contributed by atoms with van der Waals surface area (Å²) in [6.07, 6.45) is 0. The second kappa shape index (κ2) is 5.61. The minimum absolute atomic E-state index is 1.23. The van der Waals surface area contributed by atoms with Crippen molar-refractivity contribution in [3.05, 3.63) is 78.4 Å². The van der Waals surface area contributed by atoms with Crippen LogP contribution >= 0.6 is 9.24 Å². The first-order valence-electron chi connectivity index (χ1n) is 6.76. The first-order chi connectivity index (χ1) is 9.74. The summed E-state index contributed by atoms with van der Waals surface area (Å²) in [5, 5.41) is 1.23. The Bertz CT molecular complexity index is 727. The Hall–Kier alpha value is -1.91. The second-order valence-electron chi connectivity index (χ2n) is 5.03. The molecule has 0 saturated carbocycles. The number of benzene rings is 3. The third kappa shape index (κ3) is 2.66. The molecule has 0 saturated heterocycles. The van der Waals surface area contributed by atoms with Crippen molar-refractivity contribution in [2.45, 2.75) is 6.92 Å². The Kier molecular flexibility index (Phi) is 3.67. The SMILES string of the molecule is Cc1ccc(-c2cccc(-c3ccccc3P)c2)cc1. The summed E-state index contributed by atoms with van der Waals surface area (Å²) in [6, 6.07) is 25.8. The minimum atomic E-state index is 1.23. The highest BCUT2D eigenvalue weighted by molar-refractivity contribution is 7.28. The molecule has 0 aliphatic heterocycles. The van der Waals surface area contributed by atoms with Gasteiger partial charge in [-0.15, -0.1) is 9.24 Å². The fourth-order valence-electron chi connectivity index (χ4n) is 2.37. The van der Waals surface area contributed by atoms with Crippen molar-refractivity contribution in [2.24, 2.45) is 0 Å². The molecule has 0 spiro atoms. The molecule has 0 heterocycles. The van der Waals surface area contributed by atoms with Crippen molar-refractivity contribution in [1.82, 2.24) is 0 Å². The number of rotatable bonds is 2. The van der Waals surface area contributed by atoms with Crippen LogP contribution in [0.4, 0.5) is 0 Å². The van der Waals surface area contributed by atoms with Gasteiger partial charge in [0, 0.05) is 0 Å². The van der Waals surface area contributed by atoms with Crippen LogP contribution in [-0.4, -0.2) is 0 Å². The first-order valence-corrected chi connectivity index (χ1v) is 7.34. The zero-order valence-electron chi connectivity index (χ0n) is 11.5. The van der Waals surface area contributed by atoms with E-state index in [4.69, 9.17) is 0 Å². The van der Waals surface area contributed by atoms with Crippen molar-refractivity contribution in [3.63, 3.8) is 0 Å². The predicted octanol–water partition coefficient (Wildman–Crippen LogP) is 4.83. The van der Waals surface area contributed by atoms with Gasteiger partial charge in [0.15, 0.2) is 0 Å². The third-order valence-corrected chi connectivity index (χ3v) is 4.02. The molecule has 0 N–H and O–H groups in total. The van der Waals surface area contributed by atoms with E-state index >= 15 is 0 Å². The van der Waals surface area contributed by atoms with Gasteiger partial charge >= 0.3 is 0 Å². The van der Waals surface area contributed by atoms with Crippen LogP contribution < -0.4 is 5.30 Å². The molecule has 1 heteroatoms. The van der Waals surface area contributed by atoms with Crippen molar-refractivity contribution >= 4 is 14.5 Å². The van der Waals surface area contributed by atoms with Crippen LogP contribution in [0.2, 0.25) is 0 Å². The molecular formula is C19H17P. The maximum atomic E-state index is 2.81. The highest BCUT2D eigenvalue weighted by atomic mass is 31.0. The molecule has 98 valence electrons. The van der Waals surface area contributed by atoms with E-state index in [9.17, 15) is 0 Å². The Morgan fingerprint density at radius 2 is 1.35 bits per heavy atom. The molecule has 0 aliphatic carbocycles. The molecule has 20 heavy (non-hydrogen) atoms. The van der Waals surface area contributed by atoms with Gasteiger partial charge in [-0.05, 0) is 40.5 Å². The van der Waals surface area contributed by atoms with Crippen LogP contribution in [0.5, 0.6) is 0 Å². The van der Waals surface area contributed by atoms with E-state index < -0.39 is 0 Å². The maximum absolute atomic E-state index is 2.81. The fourth-order valence-corrected chi connectivity index (χ4v) is 2.75. The topological polar surface area (TPSA) is 0 Å². The zero-order valence-corrected chi connectivity index (χ0v) is 12.7. The van der Waals surface area contributed by atoms with E-state index in [1.54, 1.807) is 0 Å². The monoisotopic (exact) mass is 276 g/mol. The van der Waals surface area contributed by atoms with Gasteiger partial charge in [0.25, 0.3) is 0 Å². The van der Waals surface area contributed by atoms with Gasteiger partial charge in [0.1, 0.15) is 0 Å². The van der Waals surface area contributed by atoms with Crippen LogP contribution in [0.25, 0.3) is 22.3 Å². The van der Waals surface area contributed by atoms with Crippen molar-refractivity contribution in [3.8, 4) is 22.3 Å². The van der Waals surface area contributed by atoms with E-state index in [0.717, 1.165) is 0 Å². The summed E-state index contributed by atoms with van der Waals surface area (Å²) in [6.45, 7) is 2.12. The molecule has 1 atom stereocenters. The van der Waals surface area contributed by atoms with E-state index in [-0.39, 0.29) is 0 Å². The van der Waals surface area contributed by atoms with Gasteiger partial charge in [0.2, 0.25) is 0 Å². The fraction of sp³-hybridized carbons (Fsp3) is 0.0526. The average Bonchev–Trinajstić information content (AvgIpc) is 2.49. The number of hydrogen-bond donors (Lipinski definition) is 0. The van der Waals surface area contributed by atoms with Crippen molar-refractivity contribution < 1.29 is 0 Å². The zero-order chi connectivity index (χ0) is 13.9. The molecule has 0 radical (unpaired) electrons. The lowest BCUT2D eigenvalue weighted by Crippen LogP contribution is -1.95. The lowest BCUT2D eigenvalue weighted by Gasteiger charge is -2.08. The number of hydrogen-bond acceptors (Lipinski definition) is 0. The van der Waals surface area contributed by atoms with Crippen LogP contribution in [-0.2, 0) is 0 Å². The average molecular weight is 276 g/mol. The summed E-state index contributed by atoms with van der Waals surface area (Å²) < 4.78 is 0. The molecule has 3 rings (SSSR count). The van der Waals surface area contributed by atoms with E-state index in [1.165, 1.54) is 33.1 Å². The van der Waals surface area contributed by atoms with Crippen LogP contribution in [0.1, 0.15) is 5.56 Å². The summed E-state index contributed by atoms with van der Waals surface area (Å²) in [4.78, 5) is 0. The standard InChI is InChI=1S/C19H17P/c1-14-9-11-15(12-10-14)16-5-4-6-17(13-16)18-7-2-3-8-19(18)20/h2-13H,20H2,1H3. The van der Waals surface area contributed by atoms with Gasteiger partial charge in [-0.2, -0.15) is 0 Å². The lowest BCUT2D eigenvalue weighted by atomic mass is 9.98. The third-order valence-electron chi connectivity index (χ3n) is 3.52. The van der Waals surface area contributed by atoms with Crippen LogP contribution in [0, 0.1) is 6.92 Å². The molecular weight excluding hydrogens is 259 g/mol. The van der Waals surface area contributed by atoms with Gasteiger partial charge < -0.3 is 0 Å². The Morgan fingerprint density at radius 1 is 0.650 bits per heavy atom. The number of aryl methyl sites for hydroxylation is 1. The molecule has 0 bridgehead atoms. The molecule has 0 aliphatic rings. The minimum Gasteiger partial charge on any atom is -0.105 e. The highest BCUT2D eigenvalue weighted by Crippen LogP contribution is 2.26. The lowest BCUT2D eigenvalue weighted by molar-refractivity contribution is 1.47. The van der Waals surface area contributed by atoms with E-state index in [2.05, 4.69) is 89.0 Å². The summed E-state index contributed by atoms with van der Waals surface area (Å²) >= 11 is 0. The van der Waals surface area contributed by atoms with Crippen molar-refractivity contribution in [1.29, 1.82) is 0 Å². The predicted molar refractivity (Wildman–Crippen MR) is 91.4 cm³/mol. The molecule has 0 aromatic heterocycles. The second-order valence-corrected chi connectivity index (χ2v) is 5.66. The maximum Gasteiger partial charge on any atom is -0.0112 e. The van der Waals surface area contributed by atoms with E-state index in [0.29, 0.717) is 0 Å². The van der Waals surface area contributed by atoms with Crippen molar-refractivity contribution in [2.75, 3.05) is 0 Å². The Labute approximate surface area is 122 Å². The molecule has 3 aromatic carbocycles. The molecule has 1 unspecified atom stereocenters.